The van der Waals surface area contributed by atoms with E-state index in [1.807, 2.05) is 25.9 Å². The average Bonchev–Trinajstić information content (AvgIpc) is 2.57. The molecule has 0 saturated carbocycles. The summed E-state index contributed by atoms with van der Waals surface area (Å²) in [4.78, 5) is 7.56. The van der Waals surface area contributed by atoms with E-state index in [-0.39, 0.29) is 6.04 Å². The van der Waals surface area contributed by atoms with Gasteiger partial charge in [0.15, 0.2) is 5.13 Å². The highest BCUT2D eigenvalue weighted by Gasteiger charge is 2.13. The summed E-state index contributed by atoms with van der Waals surface area (Å²) in [5, 5.41) is 0.978. The largest absolute Gasteiger partial charge is 0.480 e. The van der Waals surface area contributed by atoms with Crippen LogP contribution in [0.2, 0.25) is 0 Å². The molecule has 86 valence electrons. The van der Waals surface area contributed by atoms with E-state index in [1.54, 1.807) is 18.4 Å². The van der Waals surface area contributed by atoms with E-state index in [4.69, 9.17) is 10.5 Å². The third-order valence-corrected chi connectivity index (χ3v) is 3.32. The Labute approximate surface area is 95.1 Å². The minimum Gasteiger partial charge on any atom is -0.480 e. The van der Waals surface area contributed by atoms with E-state index in [2.05, 4.69) is 4.98 Å². The molecule has 0 unspecified atom stereocenters. The normalized spacial score (nSPS) is 12.6. The van der Waals surface area contributed by atoms with Crippen molar-refractivity contribution in [1.29, 1.82) is 0 Å². The van der Waals surface area contributed by atoms with Gasteiger partial charge in [0.2, 0.25) is 5.88 Å². The lowest BCUT2D eigenvalue weighted by molar-refractivity contribution is 0.395. The van der Waals surface area contributed by atoms with Gasteiger partial charge in [0.05, 0.1) is 12.0 Å². The number of aromatic nitrogens is 1. The van der Waals surface area contributed by atoms with Crippen molar-refractivity contribution in [2.75, 3.05) is 26.1 Å². The summed E-state index contributed by atoms with van der Waals surface area (Å²) in [6.45, 7) is 2.01. The highest BCUT2D eigenvalue weighted by atomic mass is 32.1. The number of ether oxygens (including phenoxy) is 1. The van der Waals surface area contributed by atoms with Gasteiger partial charge in [-0.1, -0.05) is 11.3 Å². The third kappa shape index (κ3) is 3.35. The van der Waals surface area contributed by atoms with Gasteiger partial charge in [-0.15, -0.1) is 0 Å². The Kier molecular flexibility index (Phi) is 4.35. The molecule has 1 aromatic heterocycles. The number of anilines is 1. The van der Waals surface area contributed by atoms with Crippen LogP contribution in [-0.2, 0) is 6.42 Å². The monoisotopic (exact) mass is 229 g/mol. The number of rotatable bonds is 5. The van der Waals surface area contributed by atoms with Crippen LogP contribution in [-0.4, -0.2) is 32.2 Å². The van der Waals surface area contributed by atoms with Crippen molar-refractivity contribution in [3.05, 3.63) is 4.88 Å². The zero-order valence-electron chi connectivity index (χ0n) is 9.78. The van der Waals surface area contributed by atoms with Gasteiger partial charge in [0.1, 0.15) is 0 Å². The lowest BCUT2D eigenvalue weighted by Gasteiger charge is -2.05. The van der Waals surface area contributed by atoms with Crippen molar-refractivity contribution in [2.45, 2.75) is 25.8 Å². The molecule has 0 aliphatic rings. The molecular formula is C10H19N3OS. The number of hydrogen-bond donors (Lipinski definition) is 1. The first kappa shape index (κ1) is 12.3. The predicted molar refractivity (Wildman–Crippen MR) is 65.0 cm³/mol. The molecule has 2 N–H and O–H groups in total. The summed E-state index contributed by atoms with van der Waals surface area (Å²) in [5.41, 5.74) is 5.73. The van der Waals surface area contributed by atoms with E-state index in [0.717, 1.165) is 23.9 Å². The molecular weight excluding hydrogens is 210 g/mol. The Bertz CT molecular complexity index is 310. The molecule has 0 radical (unpaired) electrons. The fraction of sp³-hybridized carbons (Fsp3) is 0.700. The maximum absolute atomic E-state index is 5.73. The quantitative estimate of drug-likeness (QED) is 0.831. The van der Waals surface area contributed by atoms with E-state index in [9.17, 15) is 0 Å². The average molecular weight is 229 g/mol. The van der Waals surface area contributed by atoms with Gasteiger partial charge in [0.25, 0.3) is 0 Å². The molecule has 0 fully saturated rings. The maximum atomic E-state index is 5.73. The fourth-order valence-electron chi connectivity index (χ4n) is 1.19. The standard InChI is InChI=1S/C10H19N3OS/c1-7(11)5-6-8-9(14-4)12-10(15-8)13(2)3/h7H,5-6,11H2,1-4H3/t7-/m0/s1. The van der Waals surface area contributed by atoms with E-state index in [0.29, 0.717) is 0 Å². The molecule has 0 aromatic carbocycles. The molecule has 15 heavy (non-hydrogen) atoms. The number of nitrogens with two attached hydrogens (primary N) is 1. The van der Waals surface area contributed by atoms with Crippen LogP contribution in [0.3, 0.4) is 0 Å². The Balaban J connectivity index is 2.76. The molecule has 0 amide bonds. The van der Waals surface area contributed by atoms with Crippen molar-refractivity contribution in [3.63, 3.8) is 0 Å². The second-order valence-electron chi connectivity index (χ2n) is 3.84. The minimum atomic E-state index is 0.222. The second kappa shape index (κ2) is 5.32. The number of nitrogens with zero attached hydrogens (tertiary/aromatic N) is 2. The SMILES string of the molecule is COc1nc(N(C)C)sc1CC[C@H](C)N. The van der Waals surface area contributed by atoms with Gasteiger partial charge >= 0.3 is 0 Å². The molecule has 1 aromatic rings. The molecule has 1 atom stereocenters. The molecule has 1 heterocycles. The van der Waals surface area contributed by atoms with Crippen LogP contribution in [0, 0.1) is 0 Å². The van der Waals surface area contributed by atoms with Crippen molar-refractivity contribution >= 4 is 16.5 Å². The van der Waals surface area contributed by atoms with Gasteiger partial charge < -0.3 is 15.4 Å². The molecule has 0 aliphatic heterocycles. The molecule has 5 heteroatoms. The van der Waals surface area contributed by atoms with Crippen molar-refractivity contribution in [1.82, 2.24) is 4.98 Å². The Morgan fingerprint density at radius 2 is 2.20 bits per heavy atom. The zero-order chi connectivity index (χ0) is 11.4. The number of methoxy groups -OCH3 is 1. The van der Waals surface area contributed by atoms with Crippen LogP contribution in [0.5, 0.6) is 5.88 Å². The lowest BCUT2D eigenvalue weighted by Crippen LogP contribution is -2.15. The third-order valence-electron chi connectivity index (χ3n) is 2.05. The van der Waals surface area contributed by atoms with Crippen LogP contribution in [0.15, 0.2) is 0 Å². The van der Waals surface area contributed by atoms with E-state index >= 15 is 0 Å². The second-order valence-corrected chi connectivity index (χ2v) is 4.90. The van der Waals surface area contributed by atoms with Crippen molar-refractivity contribution in [3.8, 4) is 5.88 Å². The molecule has 1 rings (SSSR count). The number of aryl methyl sites for hydroxylation is 1. The van der Waals surface area contributed by atoms with Crippen LogP contribution in [0.1, 0.15) is 18.2 Å². The van der Waals surface area contributed by atoms with Crippen molar-refractivity contribution < 1.29 is 4.74 Å². The number of hydrogen-bond acceptors (Lipinski definition) is 5. The van der Waals surface area contributed by atoms with Gasteiger partial charge in [0, 0.05) is 20.1 Å². The highest BCUT2D eigenvalue weighted by Crippen LogP contribution is 2.31. The van der Waals surface area contributed by atoms with Crippen LogP contribution < -0.4 is 15.4 Å². The van der Waals surface area contributed by atoms with Gasteiger partial charge in [-0.25, -0.2) is 0 Å². The summed E-state index contributed by atoms with van der Waals surface area (Å²) < 4.78 is 5.24. The topological polar surface area (TPSA) is 51.4 Å². The van der Waals surface area contributed by atoms with Crippen LogP contribution in [0.4, 0.5) is 5.13 Å². The molecule has 0 aliphatic carbocycles. The summed E-state index contributed by atoms with van der Waals surface area (Å²) in [5.74, 6) is 0.740. The minimum absolute atomic E-state index is 0.222. The summed E-state index contributed by atoms with van der Waals surface area (Å²) in [7, 11) is 5.62. The lowest BCUT2D eigenvalue weighted by atomic mass is 10.2. The Morgan fingerprint density at radius 3 is 2.67 bits per heavy atom. The van der Waals surface area contributed by atoms with Crippen LogP contribution in [0.25, 0.3) is 0 Å². The predicted octanol–water partition coefficient (Wildman–Crippen LogP) is 1.50. The summed E-state index contributed by atoms with van der Waals surface area (Å²) in [6.07, 6.45) is 1.90. The smallest absolute Gasteiger partial charge is 0.229 e. The first-order valence-corrected chi connectivity index (χ1v) is 5.82. The first-order valence-electron chi connectivity index (χ1n) is 5.01. The summed E-state index contributed by atoms with van der Waals surface area (Å²) >= 11 is 1.67. The number of thiazole rings is 1. The maximum Gasteiger partial charge on any atom is 0.229 e. The molecule has 4 nitrogen and oxygen atoms in total. The zero-order valence-corrected chi connectivity index (χ0v) is 10.6. The molecule has 0 saturated heterocycles. The van der Waals surface area contributed by atoms with Gasteiger partial charge in [-0.2, -0.15) is 4.98 Å². The fourth-order valence-corrected chi connectivity index (χ4v) is 2.16. The van der Waals surface area contributed by atoms with Gasteiger partial charge in [-0.3, -0.25) is 0 Å². The van der Waals surface area contributed by atoms with Gasteiger partial charge in [-0.05, 0) is 19.8 Å². The van der Waals surface area contributed by atoms with Crippen LogP contribution >= 0.6 is 11.3 Å². The molecule has 0 spiro atoms. The van der Waals surface area contributed by atoms with E-state index < -0.39 is 0 Å². The summed E-state index contributed by atoms with van der Waals surface area (Å²) in [6, 6.07) is 0.222. The molecule has 0 bridgehead atoms. The first-order chi connectivity index (χ1) is 7.04. The van der Waals surface area contributed by atoms with E-state index in [1.165, 1.54) is 4.88 Å². The Hall–Kier alpha value is -0.810. The Morgan fingerprint density at radius 1 is 1.53 bits per heavy atom. The highest BCUT2D eigenvalue weighted by molar-refractivity contribution is 7.15. The van der Waals surface area contributed by atoms with Crippen molar-refractivity contribution in [2.24, 2.45) is 5.73 Å².